The Morgan fingerprint density at radius 1 is 1.10 bits per heavy atom. The second kappa shape index (κ2) is 9.73. The molecule has 0 radical (unpaired) electrons. The maximum Gasteiger partial charge on any atom is 0.243 e. The average Bonchev–Trinajstić information content (AvgIpc) is 2.74. The summed E-state index contributed by atoms with van der Waals surface area (Å²) in [5.74, 6) is 0.657. The van der Waals surface area contributed by atoms with Crippen molar-refractivity contribution in [2.45, 2.75) is 24.2 Å². The van der Waals surface area contributed by atoms with Crippen molar-refractivity contribution < 1.29 is 17.9 Å². The number of amides is 1. The van der Waals surface area contributed by atoms with Gasteiger partial charge in [0.1, 0.15) is 5.75 Å². The third-order valence-corrected chi connectivity index (χ3v) is 7.59. The lowest BCUT2D eigenvalue weighted by Gasteiger charge is -2.30. The summed E-state index contributed by atoms with van der Waals surface area (Å²) in [6.45, 7) is 1.27. The van der Waals surface area contributed by atoms with Gasteiger partial charge in [0.15, 0.2) is 0 Å². The maximum absolute atomic E-state index is 12.8. The number of rotatable bonds is 7. The van der Waals surface area contributed by atoms with Crippen molar-refractivity contribution in [1.29, 1.82) is 0 Å². The molecule has 2 aromatic rings. The molecule has 1 aliphatic rings. The number of nitrogens with one attached hydrogen (secondary N) is 1. The first-order valence-electron chi connectivity index (χ1n) is 9.56. The minimum atomic E-state index is -3.52. The first-order chi connectivity index (χ1) is 13.9. The summed E-state index contributed by atoms with van der Waals surface area (Å²) in [5, 5.41) is 2.98. The summed E-state index contributed by atoms with van der Waals surface area (Å²) in [7, 11) is -1.89. The van der Waals surface area contributed by atoms with E-state index in [1.165, 1.54) is 4.31 Å². The van der Waals surface area contributed by atoms with Crippen LogP contribution in [0.1, 0.15) is 18.4 Å². The number of methoxy groups -OCH3 is 1. The fourth-order valence-corrected chi connectivity index (χ4v) is 5.11. The minimum absolute atomic E-state index is 0.000740. The number of halogens is 1. The average molecular weight is 481 g/mol. The van der Waals surface area contributed by atoms with E-state index in [2.05, 4.69) is 21.2 Å². The van der Waals surface area contributed by atoms with Gasteiger partial charge in [-0.15, -0.1) is 0 Å². The normalized spacial score (nSPS) is 15.8. The Morgan fingerprint density at radius 3 is 2.31 bits per heavy atom. The highest BCUT2D eigenvalue weighted by Crippen LogP contribution is 2.25. The lowest BCUT2D eigenvalue weighted by Crippen LogP contribution is -2.43. The fourth-order valence-electron chi connectivity index (χ4n) is 3.38. The molecule has 1 saturated heterocycles. The van der Waals surface area contributed by atoms with Crippen LogP contribution in [0.4, 0.5) is 0 Å². The summed E-state index contributed by atoms with van der Waals surface area (Å²) in [6.07, 6.45) is 1.81. The lowest BCUT2D eigenvalue weighted by molar-refractivity contribution is -0.126. The van der Waals surface area contributed by atoms with Crippen LogP contribution in [0, 0.1) is 5.92 Å². The van der Waals surface area contributed by atoms with Gasteiger partial charge in [-0.2, -0.15) is 4.31 Å². The Hall–Kier alpha value is -1.90. The number of benzene rings is 2. The van der Waals surface area contributed by atoms with Gasteiger partial charge in [0.2, 0.25) is 15.9 Å². The first-order valence-corrected chi connectivity index (χ1v) is 11.8. The monoisotopic (exact) mass is 480 g/mol. The summed E-state index contributed by atoms with van der Waals surface area (Å²) in [6, 6.07) is 14.4. The quantitative estimate of drug-likeness (QED) is 0.659. The van der Waals surface area contributed by atoms with E-state index in [1.807, 2.05) is 24.3 Å². The number of nitrogens with zero attached hydrogens (tertiary/aromatic N) is 1. The Morgan fingerprint density at radius 2 is 1.72 bits per heavy atom. The summed E-state index contributed by atoms with van der Waals surface area (Å²) in [5.41, 5.74) is 1.13. The molecule has 0 aliphatic carbocycles. The van der Waals surface area contributed by atoms with Crippen molar-refractivity contribution in [2.24, 2.45) is 5.92 Å². The first kappa shape index (κ1) is 21.8. The van der Waals surface area contributed by atoms with Gasteiger partial charge < -0.3 is 10.1 Å². The van der Waals surface area contributed by atoms with E-state index < -0.39 is 10.0 Å². The molecule has 0 saturated carbocycles. The van der Waals surface area contributed by atoms with Gasteiger partial charge in [0.05, 0.1) is 12.0 Å². The zero-order valence-electron chi connectivity index (χ0n) is 16.3. The van der Waals surface area contributed by atoms with Crippen molar-refractivity contribution in [3.05, 3.63) is 58.6 Å². The van der Waals surface area contributed by atoms with E-state index in [0.29, 0.717) is 32.5 Å². The molecule has 2 aromatic carbocycles. The number of ether oxygens (including phenoxy) is 1. The summed E-state index contributed by atoms with van der Waals surface area (Å²) in [4.78, 5) is 12.7. The van der Waals surface area contributed by atoms with Crippen molar-refractivity contribution in [1.82, 2.24) is 9.62 Å². The minimum Gasteiger partial charge on any atom is -0.497 e. The SMILES string of the molecule is COc1ccc(CCNC(=O)C2CCN(S(=O)(=O)c3ccc(Br)cc3)CC2)cc1. The van der Waals surface area contributed by atoms with Gasteiger partial charge in [0, 0.05) is 30.0 Å². The molecule has 0 unspecified atom stereocenters. The predicted molar refractivity (Wildman–Crippen MR) is 115 cm³/mol. The molecule has 0 spiro atoms. The molecule has 3 rings (SSSR count). The highest BCUT2D eigenvalue weighted by atomic mass is 79.9. The molecule has 6 nitrogen and oxygen atoms in total. The second-order valence-electron chi connectivity index (χ2n) is 7.02. The van der Waals surface area contributed by atoms with E-state index in [1.54, 1.807) is 31.4 Å². The molecule has 8 heteroatoms. The van der Waals surface area contributed by atoms with Gasteiger partial charge in [0.25, 0.3) is 0 Å². The Labute approximate surface area is 180 Å². The smallest absolute Gasteiger partial charge is 0.243 e. The van der Waals surface area contributed by atoms with Crippen molar-refractivity contribution in [2.75, 3.05) is 26.7 Å². The van der Waals surface area contributed by atoms with E-state index in [0.717, 1.165) is 22.2 Å². The number of hydrogen-bond donors (Lipinski definition) is 1. The fraction of sp³-hybridized carbons (Fsp3) is 0.381. The number of carbonyl (C=O) groups is 1. The molecule has 0 bridgehead atoms. The molecule has 0 aromatic heterocycles. The Bertz CT molecular complexity index is 922. The topological polar surface area (TPSA) is 75.7 Å². The zero-order chi connectivity index (χ0) is 20.9. The molecule has 1 N–H and O–H groups in total. The van der Waals surface area contributed by atoms with Crippen LogP contribution in [0.5, 0.6) is 5.75 Å². The molecule has 1 fully saturated rings. The zero-order valence-corrected chi connectivity index (χ0v) is 18.7. The van der Waals surface area contributed by atoms with Crippen LogP contribution in [0.15, 0.2) is 57.9 Å². The van der Waals surface area contributed by atoms with E-state index in [-0.39, 0.29) is 16.7 Å². The number of carbonyl (C=O) groups excluding carboxylic acids is 1. The van der Waals surface area contributed by atoms with Gasteiger partial charge in [-0.05, 0) is 61.2 Å². The summed E-state index contributed by atoms with van der Waals surface area (Å²) < 4.78 is 32.9. The predicted octanol–water partition coefficient (Wildman–Crippen LogP) is 3.22. The van der Waals surface area contributed by atoms with Crippen LogP contribution >= 0.6 is 15.9 Å². The van der Waals surface area contributed by atoms with Gasteiger partial charge in [-0.25, -0.2) is 8.42 Å². The van der Waals surface area contributed by atoms with Gasteiger partial charge >= 0.3 is 0 Å². The highest BCUT2D eigenvalue weighted by molar-refractivity contribution is 9.10. The molecule has 1 amide bonds. The standard InChI is InChI=1S/C21H25BrN2O4S/c1-28-19-6-2-16(3-7-19)10-13-23-21(25)17-11-14-24(15-12-17)29(26,27)20-8-4-18(22)5-9-20/h2-9,17H,10-15H2,1H3,(H,23,25). The van der Waals surface area contributed by atoms with Crippen LogP contribution in [0.2, 0.25) is 0 Å². The van der Waals surface area contributed by atoms with E-state index >= 15 is 0 Å². The number of hydrogen-bond acceptors (Lipinski definition) is 4. The van der Waals surface area contributed by atoms with Crippen LogP contribution < -0.4 is 10.1 Å². The van der Waals surface area contributed by atoms with E-state index in [4.69, 9.17) is 4.74 Å². The Balaban J connectivity index is 1.47. The lowest BCUT2D eigenvalue weighted by atomic mass is 9.97. The maximum atomic E-state index is 12.8. The molecule has 1 heterocycles. The molecular formula is C21H25BrN2O4S. The summed E-state index contributed by atoms with van der Waals surface area (Å²) >= 11 is 3.32. The molecule has 29 heavy (non-hydrogen) atoms. The van der Waals surface area contributed by atoms with Gasteiger partial charge in [-0.3, -0.25) is 4.79 Å². The Kier molecular flexibility index (Phi) is 7.32. The third-order valence-electron chi connectivity index (χ3n) is 5.15. The molecule has 0 atom stereocenters. The van der Waals surface area contributed by atoms with Crippen LogP contribution in [0.25, 0.3) is 0 Å². The molecule has 1 aliphatic heterocycles. The third kappa shape index (κ3) is 5.58. The van der Waals surface area contributed by atoms with Crippen molar-refractivity contribution >= 4 is 31.9 Å². The van der Waals surface area contributed by atoms with Crippen molar-refractivity contribution in [3.8, 4) is 5.75 Å². The van der Waals surface area contributed by atoms with Crippen LogP contribution in [0.3, 0.4) is 0 Å². The highest BCUT2D eigenvalue weighted by Gasteiger charge is 2.31. The molecular weight excluding hydrogens is 456 g/mol. The number of piperidine rings is 1. The second-order valence-corrected chi connectivity index (χ2v) is 9.87. The van der Waals surface area contributed by atoms with Gasteiger partial charge in [-0.1, -0.05) is 28.1 Å². The molecule has 156 valence electrons. The number of sulfonamides is 1. The van der Waals surface area contributed by atoms with Crippen LogP contribution in [-0.2, 0) is 21.2 Å². The van der Waals surface area contributed by atoms with Crippen molar-refractivity contribution in [3.63, 3.8) is 0 Å². The largest absolute Gasteiger partial charge is 0.497 e. The van der Waals surface area contributed by atoms with E-state index in [9.17, 15) is 13.2 Å². The van der Waals surface area contributed by atoms with Crippen LogP contribution in [-0.4, -0.2) is 45.4 Å².